The number of fused-ring (bicyclic) bond motifs is 1. The van der Waals surface area contributed by atoms with Crippen molar-refractivity contribution >= 4 is 11.5 Å². The standard InChI is InChI=1S/C15H19N3O2/c1-11-4-2-6-17(9-11)10-12-8-13(15(19)20)16-18-7-3-5-14(12)18/h3,5,7-8,11H,2,4,6,9-10H2,1H3,(H,19,20)/t11-/m0/s1. The fourth-order valence-corrected chi connectivity index (χ4v) is 3.00. The van der Waals surface area contributed by atoms with Gasteiger partial charge in [-0.05, 0) is 49.1 Å². The van der Waals surface area contributed by atoms with Crippen LogP contribution in [0.3, 0.4) is 0 Å². The molecule has 0 aromatic carbocycles. The molecule has 1 fully saturated rings. The van der Waals surface area contributed by atoms with Crippen LogP contribution in [-0.4, -0.2) is 38.7 Å². The fourth-order valence-electron chi connectivity index (χ4n) is 3.00. The molecule has 0 radical (unpaired) electrons. The van der Waals surface area contributed by atoms with Crippen LogP contribution in [0.2, 0.25) is 0 Å². The molecule has 5 nitrogen and oxygen atoms in total. The SMILES string of the molecule is C[C@H]1CCCN(Cc2cc(C(=O)O)nn3cccc23)C1. The number of carboxylic acid groups (broad SMARTS) is 1. The van der Waals surface area contributed by atoms with Crippen molar-refractivity contribution in [1.82, 2.24) is 14.5 Å². The first-order valence-electron chi connectivity index (χ1n) is 7.06. The average Bonchev–Trinajstić information content (AvgIpc) is 2.87. The minimum atomic E-state index is -0.978. The van der Waals surface area contributed by atoms with E-state index in [2.05, 4.69) is 16.9 Å². The van der Waals surface area contributed by atoms with Gasteiger partial charge in [0.2, 0.25) is 0 Å². The lowest BCUT2D eigenvalue weighted by Crippen LogP contribution is -2.34. The van der Waals surface area contributed by atoms with E-state index in [-0.39, 0.29) is 5.69 Å². The maximum Gasteiger partial charge on any atom is 0.356 e. The molecule has 0 bridgehead atoms. The van der Waals surface area contributed by atoms with Crippen LogP contribution in [0.15, 0.2) is 24.4 Å². The predicted octanol–water partition coefficient (Wildman–Crippen LogP) is 2.26. The van der Waals surface area contributed by atoms with E-state index in [1.54, 1.807) is 16.8 Å². The molecule has 0 saturated carbocycles. The van der Waals surface area contributed by atoms with Crippen molar-refractivity contribution < 1.29 is 9.90 Å². The average molecular weight is 273 g/mol. The van der Waals surface area contributed by atoms with E-state index in [1.807, 2.05) is 12.1 Å². The number of hydrogen-bond acceptors (Lipinski definition) is 3. The summed E-state index contributed by atoms with van der Waals surface area (Å²) in [5, 5.41) is 13.3. The van der Waals surface area contributed by atoms with E-state index in [0.29, 0.717) is 5.92 Å². The van der Waals surface area contributed by atoms with Crippen molar-refractivity contribution in [3.05, 3.63) is 35.7 Å². The van der Waals surface area contributed by atoms with E-state index in [9.17, 15) is 4.79 Å². The van der Waals surface area contributed by atoms with Gasteiger partial charge < -0.3 is 5.11 Å². The first-order valence-corrected chi connectivity index (χ1v) is 7.06. The van der Waals surface area contributed by atoms with Crippen LogP contribution in [0.5, 0.6) is 0 Å². The predicted molar refractivity (Wildman–Crippen MR) is 75.8 cm³/mol. The Morgan fingerprint density at radius 3 is 3.15 bits per heavy atom. The van der Waals surface area contributed by atoms with Crippen LogP contribution in [0.1, 0.15) is 35.8 Å². The third-order valence-corrected chi connectivity index (χ3v) is 3.94. The van der Waals surface area contributed by atoms with Gasteiger partial charge in [-0.25, -0.2) is 9.31 Å². The number of carboxylic acids is 1. The van der Waals surface area contributed by atoms with E-state index < -0.39 is 5.97 Å². The highest BCUT2D eigenvalue weighted by Gasteiger charge is 2.18. The third-order valence-electron chi connectivity index (χ3n) is 3.94. The van der Waals surface area contributed by atoms with Crippen molar-refractivity contribution in [2.24, 2.45) is 5.92 Å². The smallest absolute Gasteiger partial charge is 0.356 e. The Kier molecular flexibility index (Phi) is 3.44. The summed E-state index contributed by atoms with van der Waals surface area (Å²) in [6, 6.07) is 5.59. The maximum atomic E-state index is 11.2. The highest BCUT2D eigenvalue weighted by molar-refractivity contribution is 5.86. The number of rotatable bonds is 3. The number of nitrogens with zero attached hydrogens (tertiary/aromatic N) is 3. The van der Waals surface area contributed by atoms with Crippen LogP contribution in [-0.2, 0) is 6.54 Å². The Labute approximate surface area is 117 Å². The van der Waals surface area contributed by atoms with Gasteiger partial charge in [0.05, 0.1) is 5.52 Å². The second kappa shape index (κ2) is 5.25. The molecule has 2 aromatic rings. The van der Waals surface area contributed by atoms with E-state index >= 15 is 0 Å². The van der Waals surface area contributed by atoms with Gasteiger partial charge >= 0.3 is 5.97 Å². The Hall–Kier alpha value is -1.88. The molecule has 2 aromatic heterocycles. The summed E-state index contributed by atoms with van der Waals surface area (Å²) in [7, 11) is 0. The molecule has 1 aliphatic heterocycles. The Bertz CT molecular complexity index is 635. The normalized spacial score (nSPS) is 20.4. The van der Waals surface area contributed by atoms with E-state index in [0.717, 1.165) is 30.7 Å². The molecule has 0 unspecified atom stereocenters. The zero-order valence-electron chi connectivity index (χ0n) is 11.6. The minimum absolute atomic E-state index is 0.105. The highest BCUT2D eigenvalue weighted by Crippen LogP contribution is 2.20. The van der Waals surface area contributed by atoms with Crippen molar-refractivity contribution in [3.8, 4) is 0 Å². The summed E-state index contributed by atoms with van der Waals surface area (Å²) in [6.45, 7) is 5.23. The Morgan fingerprint density at radius 2 is 2.40 bits per heavy atom. The zero-order valence-corrected chi connectivity index (χ0v) is 11.6. The number of aromatic nitrogens is 2. The quantitative estimate of drug-likeness (QED) is 0.932. The first kappa shape index (κ1) is 13.1. The van der Waals surface area contributed by atoms with Crippen LogP contribution in [0.4, 0.5) is 0 Å². The maximum absolute atomic E-state index is 11.2. The number of aromatic carboxylic acids is 1. The van der Waals surface area contributed by atoms with Gasteiger partial charge in [-0.2, -0.15) is 5.10 Å². The molecule has 1 saturated heterocycles. The number of carbonyl (C=O) groups is 1. The molecule has 1 N–H and O–H groups in total. The summed E-state index contributed by atoms with van der Waals surface area (Å²) in [4.78, 5) is 13.6. The van der Waals surface area contributed by atoms with Crippen LogP contribution >= 0.6 is 0 Å². The molecular weight excluding hydrogens is 254 g/mol. The molecular formula is C15H19N3O2. The largest absolute Gasteiger partial charge is 0.476 e. The molecule has 0 amide bonds. The monoisotopic (exact) mass is 273 g/mol. The van der Waals surface area contributed by atoms with Crippen LogP contribution in [0.25, 0.3) is 5.52 Å². The second-order valence-electron chi connectivity index (χ2n) is 5.68. The van der Waals surface area contributed by atoms with Crippen molar-refractivity contribution in [2.45, 2.75) is 26.3 Å². The molecule has 3 heterocycles. The van der Waals surface area contributed by atoms with E-state index in [4.69, 9.17) is 5.11 Å². The van der Waals surface area contributed by atoms with Gasteiger partial charge in [0, 0.05) is 19.3 Å². The van der Waals surface area contributed by atoms with Gasteiger partial charge in [-0.3, -0.25) is 4.90 Å². The van der Waals surface area contributed by atoms with Crippen LogP contribution < -0.4 is 0 Å². The fraction of sp³-hybridized carbons (Fsp3) is 0.467. The molecule has 1 atom stereocenters. The molecule has 5 heteroatoms. The van der Waals surface area contributed by atoms with Crippen molar-refractivity contribution in [3.63, 3.8) is 0 Å². The molecule has 3 rings (SSSR count). The Balaban J connectivity index is 1.93. The van der Waals surface area contributed by atoms with Gasteiger partial charge in [0.25, 0.3) is 0 Å². The number of hydrogen-bond donors (Lipinski definition) is 1. The summed E-state index contributed by atoms with van der Waals surface area (Å²) in [5.74, 6) is -0.263. The molecule has 1 aliphatic rings. The first-order chi connectivity index (χ1) is 9.63. The highest BCUT2D eigenvalue weighted by atomic mass is 16.4. The van der Waals surface area contributed by atoms with Crippen molar-refractivity contribution in [2.75, 3.05) is 13.1 Å². The van der Waals surface area contributed by atoms with Gasteiger partial charge in [0.15, 0.2) is 5.69 Å². The molecule has 106 valence electrons. The summed E-state index contributed by atoms with van der Waals surface area (Å²) in [5.41, 5.74) is 2.14. The van der Waals surface area contributed by atoms with Gasteiger partial charge in [0.1, 0.15) is 0 Å². The van der Waals surface area contributed by atoms with Crippen LogP contribution in [0, 0.1) is 5.92 Å². The zero-order chi connectivity index (χ0) is 14.1. The minimum Gasteiger partial charge on any atom is -0.476 e. The third kappa shape index (κ3) is 2.54. The Morgan fingerprint density at radius 1 is 1.55 bits per heavy atom. The summed E-state index contributed by atoms with van der Waals surface area (Å²) < 4.78 is 1.66. The number of likely N-dealkylation sites (tertiary alicyclic amines) is 1. The van der Waals surface area contributed by atoms with E-state index in [1.165, 1.54) is 12.8 Å². The topological polar surface area (TPSA) is 57.8 Å². The lowest BCUT2D eigenvalue weighted by Gasteiger charge is -2.31. The molecule has 20 heavy (non-hydrogen) atoms. The molecule has 0 spiro atoms. The van der Waals surface area contributed by atoms with Gasteiger partial charge in [-0.1, -0.05) is 6.92 Å². The summed E-state index contributed by atoms with van der Waals surface area (Å²) in [6.07, 6.45) is 4.30. The summed E-state index contributed by atoms with van der Waals surface area (Å²) >= 11 is 0. The lowest BCUT2D eigenvalue weighted by molar-refractivity contribution is 0.0688. The second-order valence-corrected chi connectivity index (χ2v) is 5.68. The molecule has 0 aliphatic carbocycles. The number of piperidine rings is 1. The lowest BCUT2D eigenvalue weighted by atomic mass is 10.00. The van der Waals surface area contributed by atoms with Crippen molar-refractivity contribution in [1.29, 1.82) is 0 Å². The van der Waals surface area contributed by atoms with Gasteiger partial charge in [-0.15, -0.1) is 0 Å².